The van der Waals surface area contributed by atoms with Crippen LogP contribution in [0.5, 0.6) is 5.75 Å². The molecule has 15 heavy (non-hydrogen) atoms. The number of alkyl halides is 1. The zero-order valence-corrected chi connectivity index (χ0v) is 10.7. The standard InChI is InChI=1S/C11H11IO3/c1-3-7(12)11(13)15-10-5-8-6(2)4-9(10)14-8/h4-5,7H,3H2,1-2H3. The van der Waals surface area contributed by atoms with Crippen molar-refractivity contribution < 1.29 is 13.9 Å². The van der Waals surface area contributed by atoms with Crippen molar-refractivity contribution in [1.82, 2.24) is 0 Å². The molecule has 1 unspecified atom stereocenters. The first-order chi connectivity index (χ1) is 7.11. The Morgan fingerprint density at radius 2 is 2.27 bits per heavy atom. The van der Waals surface area contributed by atoms with Crippen molar-refractivity contribution in [2.45, 2.75) is 24.2 Å². The van der Waals surface area contributed by atoms with Gasteiger partial charge in [-0.2, -0.15) is 0 Å². The van der Waals surface area contributed by atoms with E-state index in [-0.39, 0.29) is 9.89 Å². The van der Waals surface area contributed by atoms with Crippen molar-refractivity contribution in [3.05, 3.63) is 17.7 Å². The van der Waals surface area contributed by atoms with Crippen LogP contribution in [0.4, 0.5) is 0 Å². The maximum atomic E-state index is 11.5. The van der Waals surface area contributed by atoms with Gasteiger partial charge in [-0.15, -0.1) is 0 Å². The molecule has 80 valence electrons. The fourth-order valence-corrected chi connectivity index (χ4v) is 1.50. The molecule has 1 atom stereocenters. The zero-order chi connectivity index (χ0) is 11.0. The Morgan fingerprint density at radius 3 is 2.73 bits per heavy atom. The van der Waals surface area contributed by atoms with Gasteiger partial charge in [0.05, 0.1) is 0 Å². The highest BCUT2D eigenvalue weighted by atomic mass is 127. The summed E-state index contributed by atoms with van der Waals surface area (Å²) in [6, 6.07) is 3.65. The first-order valence-corrected chi connectivity index (χ1v) is 6.04. The molecule has 4 heteroatoms. The van der Waals surface area contributed by atoms with Gasteiger partial charge >= 0.3 is 5.97 Å². The molecule has 0 fully saturated rings. The third kappa shape index (κ3) is 1.95. The van der Waals surface area contributed by atoms with E-state index in [0.29, 0.717) is 11.3 Å². The van der Waals surface area contributed by atoms with Crippen LogP contribution in [-0.4, -0.2) is 9.89 Å². The molecule has 2 rings (SSSR count). The number of rotatable bonds is 3. The number of furan rings is 2. The molecular formula is C11H11IO3. The van der Waals surface area contributed by atoms with E-state index in [0.717, 1.165) is 17.6 Å². The molecule has 0 saturated carbocycles. The monoisotopic (exact) mass is 318 g/mol. The molecule has 0 aromatic carbocycles. The number of esters is 1. The summed E-state index contributed by atoms with van der Waals surface area (Å²) in [4.78, 5) is 11.5. The maximum absolute atomic E-state index is 11.5. The van der Waals surface area contributed by atoms with Gasteiger partial charge < -0.3 is 9.15 Å². The fraction of sp³-hybridized carbons (Fsp3) is 0.364. The van der Waals surface area contributed by atoms with Crippen molar-refractivity contribution in [3.63, 3.8) is 0 Å². The second-order valence-corrected chi connectivity index (χ2v) is 4.97. The largest absolute Gasteiger partial charge is 0.453 e. The number of ether oxygens (including phenoxy) is 1. The van der Waals surface area contributed by atoms with Gasteiger partial charge in [-0.25, -0.2) is 0 Å². The minimum atomic E-state index is -0.209. The maximum Gasteiger partial charge on any atom is 0.324 e. The van der Waals surface area contributed by atoms with Gasteiger partial charge in [-0.05, 0) is 25.0 Å². The molecule has 2 aromatic rings. The number of fused-ring (bicyclic) bond motifs is 2. The van der Waals surface area contributed by atoms with Gasteiger partial charge in [0.1, 0.15) is 9.51 Å². The van der Waals surface area contributed by atoms with Crippen molar-refractivity contribution in [2.24, 2.45) is 0 Å². The summed E-state index contributed by atoms with van der Waals surface area (Å²) in [7, 11) is 0. The average molecular weight is 318 g/mol. The molecule has 0 spiro atoms. The van der Waals surface area contributed by atoms with Crippen LogP contribution in [0.15, 0.2) is 16.5 Å². The van der Waals surface area contributed by atoms with Crippen LogP contribution in [0.25, 0.3) is 11.2 Å². The average Bonchev–Trinajstić information content (AvgIpc) is 2.75. The number of hydrogen-bond donors (Lipinski definition) is 0. The van der Waals surface area contributed by atoms with Crippen LogP contribution in [0.1, 0.15) is 18.9 Å². The minimum Gasteiger partial charge on any atom is -0.453 e. The van der Waals surface area contributed by atoms with Gasteiger partial charge in [-0.3, -0.25) is 4.79 Å². The Kier molecular flexibility index (Phi) is 2.86. The van der Waals surface area contributed by atoms with E-state index >= 15 is 0 Å². The Hall–Kier alpha value is -0.780. The van der Waals surface area contributed by atoms with Crippen molar-refractivity contribution in [1.29, 1.82) is 0 Å². The highest BCUT2D eigenvalue weighted by Gasteiger charge is 2.19. The van der Waals surface area contributed by atoms with Crippen molar-refractivity contribution in [2.75, 3.05) is 0 Å². The Labute approximate surface area is 101 Å². The predicted octanol–water partition coefficient (Wildman–Crippen LogP) is 3.30. The number of benzene rings is 1. The zero-order valence-electron chi connectivity index (χ0n) is 8.54. The molecule has 0 N–H and O–H groups in total. The predicted molar refractivity (Wildman–Crippen MR) is 65.9 cm³/mol. The van der Waals surface area contributed by atoms with Crippen LogP contribution in [0.3, 0.4) is 0 Å². The van der Waals surface area contributed by atoms with E-state index < -0.39 is 0 Å². The van der Waals surface area contributed by atoms with E-state index in [9.17, 15) is 4.79 Å². The van der Waals surface area contributed by atoms with E-state index in [1.165, 1.54) is 0 Å². The molecule has 0 amide bonds. The number of carbonyl (C=O) groups excluding carboxylic acids is 1. The molecule has 0 aliphatic rings. The van der Waals surface area contributed by atoms with Crippen molar-refractivity contribution >= 4 is 39.7 Å². The topological polar surface area (TPSA) is 39.4 Å². The highest BCUT2D eigenvalue weighted by molar-refractivity contribution is 14.1. The smallest absolute Gasteiger partial charge is 0.324 e. The minimum absolute atomic E-state index is 0.0988. The number of aryl methyl sites for hydroxylation is 1. The summed E-state index contributed by atoms with van der Waals surface area (Å²) >= 11 is 2.08. The second-order valence-electron chi connectivity index (χ2n) is 3.46. The molecule has 0 aliphatic heterocycles. The molecule has 2 aromatic heterocycles. The van der Waals surface area contributed by atoms with Crippen LogP contribution < -0.4 is 4.74 Å². The summed E-state index contributed by atoms with van der Waals surface area (Å²) in [5.74, 6) is 0.329. The SMILES string of the molecule is CCC(I)C(=O)Oc1cc2oc1cc2C. The summed E-state index contributed by atoms with van der Waals surface area (Å²) in [6.07, 6.45) is 0.772. The number of carbonyl (C=O) groups is 1. The first-order valence-electron chi connectivity index (χ1n) is 4.80. The first kappa shape index (κ1) is 10.7. The lowest BCUT2D eigenvalue weighted by Crippen LogP contribution is -2.19. The molecule has 0 radical (unpaired) electrons. The van der Waals surface area contributed by atoms with Gasteiger partial charge in [0.15, 0.2) is 11.3 Å². The summed E-state index contributed by atoms with van der Waals surface area (Å²) in [5, 5.41) is 0. The summed E-state index contributed by atoms with van der Waals surface area (Å²) in [6.45, 7) is 3.92. The highest BCUT2D eigenvalue weighted by Crippen LogP contribution is 2.32. The van der Waals surface area contributed by atoms with Crippen LogP contribution >= 0.6 is 22.6 Å². The molecule has 2 heterocycles. The summed E-state index contributed by atoms with van der Waals surface area (Å²) < 4.78 is 10.5. The second kappa shape index (κ2) is 4.00. The van der Waals surface area contributed by atoms with Crippen molar-refractivity contribution in [3.8, 4) is 5.75 Å². The number of halogens is 1. The Bertz CT molecular complexity index is 474. The fourth-order valence-electron chi connectivity index (χ4n) is 1.37. The molecule has 3 nitrogen and oxygen atoms in total. The number of hydrogen-bond acceptors (Lipinski definition) is 3. The summed E-state index contributed by atoms with van der Waals surface area (Å²) in [5.41, 5.74) is 2.51. The Morgan fingerprint density at radius 1 is 1.53 bits per heavy atom. The van der Waals surface area contributed by atoms with Gasteiger partial charge in [0.25, 0.3) is 0 Å². The molecular weight excluding hydrogens is 307 g/mol. The molecule has 0 saturated heterocycles. The van der Waals surface area contributed by atoms with Gasteiger partial charge in [0, 0.05) is 6.07 Å². The van der Waals surface area contributed by atoms with Crippen LogP contribution in [0, 0.1) is 6.92 Å². The van der Waals surface area contributed by atoms with Gasteiger partial charge in [-0.1, -0.05) is 29.5 Å². The van der Waals surface area contributed by atoms with E-state index in [1.807, 2.05) is 19.9 Å². The van der Waals surface area contributed by atoms with Gasteiger partial charge in [0.2, 0.25) is 0 Å². The van der Waals surface area contributed by atoms with E-state index in [1.54, 1.807) is 6.07 Å². The lowest BCUT2D eigenvalue weighted by molar-refractivity contribution is -0.133. The Balaban J connectivity index is 2.15. The van der Waals surface area contributed by atoms with Crippen LogP contribution in [0.2, 0.25) is 0 Å². The van der Waals surface area contributed by atoms with E-state index in [2.05, 4.69) is 22.6 Å². The lowest BCUT2D eigenvalue weighted by atomic mass is 10.2. The normalized spacial score (nSPS) is 13.3. The third-order valence-electron chi connectivity index (χ3n) is 2.29. The third-order valence-corrected chi connectivity index (χ3v) is 3.68. The van der Waals surface area contributed by atoms with E-state index in [4.69, 9.17) is 9.15 Å². The lowest BCUT2D eigenvalue weighted by Gasteiger charge is -2.05. The quantitative estimate of drug-likeness (QED) is 0.377. The molecule has 2 bridgehead atoms. The van der Waals surface area contributed by atoms with Crippen LogP contribution in [-0.2, 0) is 4.79 Å². The molecule has 0 aliphatic carbocycles.